The Bertz CT molecular complexity index is 1790. The summed E-state index contributed by atoms with van der Waals surface area (Å²) in [6.45, 7) is 0.318. The largest absolute Gasteiger partial charge is 0.507 e. The quantitative estimate of drug-likeness (QED) is 0.0623. The SMILES string of the molecule is O=C1C(=O)N(c2nnc(SCc3ccccc3)s2)C(c2cccc(OCc3ccccc3)c2)C1=C(O)c1ccc(F)cc1. The van der Waals surface area contributed by atoms with Gasteiger partial charge in [0, 0.05) is 11.3 Å². The van der Waals surface area contributed by atoms with Crippen LogP contribution in [-0.2, 0) is 21.9 Å². The van der Waals surface area contributed by atoms with Gasteiger partial charge in [0.2, 0.25) is 5.13 Å². The topological polar surface area (TPSA) is 92.6 Å². The molecular weight excluding hydrogens is 586 g/mol. The third-order valence-electron chi connectivity index (χ3n) is 6.79. The van der Waals surface area contributed by atoms with Gasteiger partial charge in [-0.3, -0.25) is 14.5 Å². The van der Waals surface area contributed by atoms with Crippen molar-refractivity contribution in [2.75, 3.05) is 4.90 Å². The average molecular weight is 610 g/mol. The minimum atomic E-state index is -1.02. The van der Waals surface area contributed by atoms with E-state index in [0.29, 0.717) is 28.0 Å². The summed E-state index contributed by atoms with van der Waals surface area (Å²) in [5.74, 6) is -1.46. The first kappa shape index (κ1) is 28.3. The molecule has 1 unspecified atom stereocenters. The van der Waals surface area contributed by atoms with Crippen LogP contribution in [0.3, 0.4) is 0 Å². The lowest BCUT2D eigenvalue weighted by atomic mass is 9.95. The van der Waals surface area contributed by atoms with Gasteiger partial charge in [-0.25, -0.2) is 4.39 Å². The summed E-state index contributed by atoms with van der Waals surface area (Å²) >= 11 is 2.65. The summed E-state index contributed by atoms with van der Waals surface area (Å²) < 4.78 is 20.3. The van der Waals surface area contributed by atoms with Crippen molar-refractivity contribution >= 4 is 45.7 Å². The van der Waals surface area contributed by atoms with Crippen molar-refractivity contribution in [1.82, 2.24) is 10.2 Å². The van der Waals surface area contributed by atoms with E-state index in [-0.39, 0.29) is 16.3 Å². The summed E-state index contributed by atoms with van der Waals surface area (Å²) in [6.07, 6.45) is 0. The van der Waals surface area contributed by atoms with Crippen LogP contribution in [0.5, 0.6) is 5.75 Å². The molecule has 1 amide bonds. The lowest BCUT2D eigenvalue weighted by molar-refractivity contribution is -0.132. The smallest absolute Gasteiger partial charge is 0.301 e. The number of aliphatic hydroxyl groups excluding tert-OH is 1. The van der Waals surface area contributed by atoms with E-state index >= 15 is 0 Å². The number of ether oxygens (including phenoxy) is 1. The number of hydrogen-bond acceptors (Lipinski definition) is 8. The molecule has 1 saturated heterocycles. The Morgan fingerprint density at radius 2 is 1.58 bits per heavy atom. The zero-order valence-electron chi connectivity index (χ0n) is 22.6. The van der Waals surface area contributed by atoms with Crippen LogP contribution in [-0.4, -0.2) is 27.0 Å². The molecule has 1 aliphatic heterocycles. The van der Waals surface area contributed by atoms with Gasteiger partial charge in [-0.2, -0.15) is 0 Å². The van der Waals surface area contributed by atoms with Crippen molar-refractivity contribution in [3.05, 3.63) is 143 Å². The minimum absolute atomic E-state index is 0.134. The number of thioether (sulfide) groups is 1. The van der Waals surface area contributed by atoms with Gasteiger partial charge in [0.15, 0.2) is 4.34 Å². The highest BCUT2D eigenvalue weighted by molar-refractivity contribution is 8.00. The van der Waals surface area contributed by atoms with Crippen molar-refractivity contribution in [2.24, 2.45) is 0 Å². The van der Waals surface area contributed by atoms with Gasteiger partial charge in [-0.1, -0.05) is 95.9 Å². The summed E-state index contributed by atoms with van der Waals surface area (Å²) in [5.41, 5.74) is 2.69. The second-order valence-electron chi connectivity index (χ2n) is 9.65. The highest BCUT2D eigenvalue weighted by atomic mass is 32.2. The summed E-state index contributed by atoms with van der Waals surface area (Å²) in [4.78, 5) is 28.3. The summed E-state index contributed by atoms with van der Waals surface area (Å²) in [6, 6.07) is 30.6. The van der Waals surface area contributed by atoms with Crippen LogP contribution >= 0.6 is 23.1 Å². The number of ketones is 1. The fraction of sp³-hybridized carbons (Fsp3) is 0.0909. The van der Waals surface area contributed by atoms with Gasteiger partial charge in [-0.05, 0) is 53.1 Å². The van der Waals surface area contributed by atoms with Gasteiger partial charge in [0.05, 0.1) is 11.6 Å². The van der Waals surface area contributed by atoms with Gasteiger partial charge >= 0.3 is 5.91 Å². The maximum Gasteiger partial charge on any atom is 0.301 e. The normalized spacial score (nSPS) is 16.0. The number of carbonyl (C=O) groups excluding carboxylic acids is 2. The molecule has 1 atom stereocenters. The number of Topliss-reactive ketones (excluding diaryl/α,β-unsaturated/α-hetero) is 1. The van der Waals surface area contributed by atoms with Gasteiger partial charge < -0.3 is 9.84 Å². The molecule has 2 heterocycles. The van der Waals surface area contributed by atoms with Crippen LogP contribution in [0.1, 0.15) is 28.3 Å². The fourth-order valence-electron chi connectivity index (χ4n) is 4.70. The molecule has 10 heteroatoms. The number of aromatic nitrogens is 2. The van der Waals surface area contributed by atoms with Gasteiger partial charge in [-0.15, -0.1) is 10.2 Å². The molecule has 214 valence electrons. The molecule has 1 N–H and O–H groups in total. The number of carbonyl (C=O) groups is 2. The van der Waals surface area contributed by atoms with E-state index in [0.717, 1.165) is 11.1 Å². The number of rotatable bonds is 9. The Hall–Kier alpha value is -4.80. The Kier molecular flexibility index (Phi) is 8.30. The van der Waals surface area contributed by atoms with Crippen molar-refractivity contribution in [3.8, 4) is 5.75 Å². The van der Waals surface area contributed by atoms with E-state index < -0.39 is 29.3 Å². The molecule has 0 radical (unpaired) electrons. The van der Waals surface area contributed by atoms with Crippen LogP contribution in [0.4, 0.5) is 9.52 Å². The van der Waals surface area contributed by atoms with E-state index in [1.54, 1.807) is 24.3 Å². The Labute approximate surface area is 255 Å². The number of halogens is 1. The van der Waals surface area contributed by atoms with Gasteiger partial charge in [0.25, 0.3) is 5.78 Å². The zero-order valence-corrected chi connectivity index (χ0v) is 24.2. The molecule has 7 nitrogen and oxygen atoms in total. The first-order valence-corrected chi connectivity index (χ1v) is 15.1. The van der Waals surface area contributed by atoms with E-state index in [1.165, 1.54) is 52.3 Å². The maximum absolute atomic E-state index is 13.6. The van der Waals surface area contributed by atoms with Gasteiger partial charge in [0.1, 0.15) is 23.9 Å². The molecule has 0 saturated carbocycles. The third kappa shape index (κ3) is 6.20. The highest BCUT2D eigenvalue weighted by Crippen LogP contribution is 2.44. The predicted octanol–water partition coefficient (Wildman–Crippen LogP) is 7.17. The number of amides is 1. The van der Waals surface area contributed by atoms with E-state index in [4.69, 9.17) is 4.74 Å². The van der Waals surface area contributed by atoms with E-state index in [9.17, 15) is 19.1 Å². The zero-order chi connectivity index (χ0) is 29.8. The molecule has 0 aliphatic carbocycles. The second-order valence-corrected chi connectivity index (χ2v) is 11.8. The van der Waals surface area contributed by atoms with Crippen molar-refractivity contribution in [1.29, 1.82) is 0 Å². The molecule has 43 heavy (non-hydrogen) atoms. The molecule has 6 rings (SSSR count). The van der Waals surface area contributed by atoms with Crippen LogP contribution < -0.4 is 9.64 Å². The first-order chi connectivity index (χ1) is 21.0. The van der Waals surface area contributed by atoms with Crippen LogP contribution in [0.2, 0.25) is 0 Å². The third-order valence-corrected chi connectivity index (χ3v) is 8.92. The van der Waals surface area contributed by atoms with Crippen molar-refractivity contribution < 1.29 is 23.8 Å². The maximum atomic E-state index is 13.6. The average Bonchev–Trinajstić information content (AvgIpc) is 3.62. The highest BCUT2D eigenvalue weighted by Gasteiger charge is 2.48. The number of benzene rings is 4. The number of hydrogen-bond donors (Lipinski definition) is 1. The molecule has 0 spiro atoms. The Morgan fingerprint density at radius 3 is 2.30 bits per heavy atom. The minimum Gasteiger partial charge on any atom is -0.507 e. The van der Waals surface area contributed by atoms with Crippen molar-refractivity contribution in [2.45, 2.75) is 22.7 Å². The first-order valence-electron chi connectivity index (χ1n) is 13.3. The number of nitrogens with zero attached hydrogens (tertiary/aromatic N) is 3. The molecule has 1 fully saturated rings. The number of anilines is 1. The fourth-order valence-corrected chi connectivity index (χ4v) is 6.52. The molecule has 1 aromatic heterocycles. The van der Waals surface area contributed by atoms with Crippen LogP contribution in [0.25, 0.3) is 5.76 Å². The molecule has 4 aromatic carbocycles. The van der Waals surface area contributed by atoms with Crippen molar-refractivity contribution in [3.63, 3.8) is 0 Å². The Morgan fingerprint density at radius 1 is 0.884 bits per heavy atom. The van der Waals surface area contributed by atoms with Crippen LogP contribution in [0.15, 0.2) is 119 Å². The lowest BCUT2D eigenvalue weighted by Gasteiger charge is -2.23. The lowest BCUT2D eigenvalue weighted by Crippen LogP contribution is -2.29. The number of aliphatic hydroxyl groups is 1. The Balaban J connectivity index is 1.37. The molecule has 1 aliphatic rings. The molecule has 5 aromatic rings. The van der Waals surface area contributed by atoms with Crippen LogP contribution in [0, 0.1) is 5.82 Å². The summed E-state index contributed by atoms with van der Waals surface area (Å²) in [7, 11) is 0. The molecule has 0 bridgehead atoms. The molecular formula is C33H24FN3O4S2. The monoisotopic (exact) mass is 609 g/mol. The van der Waals surface area contributed by atoms with E-state index in [2.05, 4.69) is 10.2 Å². The second kappa shape index (κ2) is 12.6. The van der Waals surface area contributed by atoms with E-state index in [1.807, 2.05) is 60.7 Å². The predicted molar refractivity (Wildman–Crippen MR) is 164 cm³/mol. The summed E-state index contributed by atoms with van der Waals surface area (Å²) in [5, 5.41) is 20.1. The standard InChI is InChI=1S/C33H24FN3O4S2/c34-25-16-14-23(15-17-25)29(38)27-28(24-12-7-13-26(18-24)41-19-21-8-3-1-4-9-21)37(31(40)30(27)39)32-35-36-33(43-32)42-20-22-10-5-2-6-11-22/h1-18,28,38H,19-20H2.